The van der Waals surface area contributed by atoms with Crippen LogP contribution in [0.15, 0.2) is 41.5 Å². The second-order valence-electron chi connectivity index (χ2n) is 4.91. The number of nitrogens with one attached hydrogen (secondary N) is 1. The number of halogens is 4. The molecule has 2 aromatic carbocycles. The van der Waals surface area contributed by atoms with Crippen molar-refractivity contribution in [2.24, 2.45) is 5.10 Å². The highest BCUT2D eigenvalue weighted by atomic mass is 127. The van der Waals surface area contributed by atoms with Crippen LogP contribution in [0.25, 0.3) is 0 Å². The van der Waals surface area contributed by atoms with E-state index < -0.39 is 11.7 Å². The van der Waals surface area contributed by atoms with Gasteiger partial charge in [-0.1, -0.05) is 0 Å². The van der Waals surface area contributed by atoms with Crippen molar-refractivity contribution >= 4 is 34.5 Å². The molecule has 0 heterocycles. The fourth-order valence-corrected chi connectivity index (χ4v) is 2.79. The number of benzene rings is 2. The van der Waals surface area contributed by atoms with Crippen LogP contribution >= 0.6 is 22.6 Å². The zero-order valence-electron chi connectivity index (χ0n) is 13.5. The second-order valence-corrected chi connectivity index (χ2v) is 6.07. The third-order valence-electron chi connectivity index (χ3n) is 3.16. The van der Waals surface area contributed by atoms with Crippen LogP contribution in [0.1, 0.15) is 18.1 Å². The van der Waals surface area contributed by atoms with Crippen molar-refractivity contribution in [3.8, 4) is 11.5 Å². The molecule has 0 unspecified atom stereocenters. The first-order chi connectivity index (χ1) is 11.8. The van der Waals surface area contributed by atoms with Crippen molar-refractivity contribution in [3.05, 3.63) is 51.1 Å². The molecule has 4 nitrogen and oxygen atoms in total. The van der Waals surface area contributed by atoms with Crippen LogP contribution in [0.3, 0.4) is 0 Å². The van der Waals surface area contributed by atoms with Gasteiger partial charge in [-0.3, -0.25) is 5.43 Å². The summed E-state index contributed by atoms with van der Waals surface area (Å²) in [5.41, 5.74) is 3.22. The lowest BCUT2D eigenvalue weighted by atomic mass is 10.2. The van der Waals surface area contributed by atoms with Gasteiger partial charge in [0.15, 0.2) is 11.5 Å². The summed E-state index contributed by atoms with van der Waals surface area (Å²) in [7, 11) is 1.55. The summed E-state index contributed by atoms with van der Waals surface area (Å²) in [6, 6.07) is 8.28. The van der Waals surface area contributed by atoms with Crippen molar-refractivity contribution < 1.29 is 22.6 Å². The molecule has 0 radical (unpaired) electrons. The highest BCUT2D eigenvalue weighted by Gasteiger charge is 2.29. The van der Waals surface area contributed by atoms with E-state index in [-0.39, 0.29) is 0 Å². The molecule has 134 valence electrons. The van der Waals surface area contributed by atoms with Crippen LogP contribution in [0.5, 0.6) is 11.5 Å². The van der Waals surface area contributed by atoms with Crippen LogP contribution in [-0.2, 0) is 6.18 Å². The number of alkyl halides is 3. The van der Waals surface area contributed by atoms with Crippen LogP contribution in [-0.4, -0.2) is 19.9 Å². The van der Waals surface area contributed by atoms with Crippen LogP contribution in [0, 0.1) is 3.57 Å². The molecule has 8 heteroatoms. The molecule has 0 aromatic heterocycles. The number of nitrogens with zero attached hydrogens (tertiary/aromatic N) is 1. The maximum Gasteiger partial charge on any atom is 0.416 e. The van der Waals surface area contributed by atoms with Gasteiger partial charge in [0.05, 0.1) is 34.8 Å². The van der Waals surface area contributed by atoms with Crippen LogP contribution < -0.4 is 14.9 Å². The van der Waals surface area contributed by atoms with E-state index in [0.29, 0.717) is 23.8 Å². The fourth-order valence-electron chi connectivity index (χ4n) is 2.01. The van der Waals surface area contributed by atoms with Gasteiger partial charge in [0.25, 0.3) is 0 Å². The molecular weight excluding hydrogens is 448 g/mol. The summed E-state index contributed by atoms with van der Waals surface area (Å²) in [6.07, 6.45) is -2.80. The zero-order chi connectivity index (χ0) is 18.4. The summed E-state index contributed by atoms with van der Waals surface area (Å²) in [5.74, 6) is 1.25. The van der Waals surface area contributed by atoms with Crippen molar-refractivity contribution in [1.29, 1.82) is 0 Å². The fraction of sp³-hybridized carbons (Fsp3) is 0.235. The number of hydrogen-bond acceptors (Lipinski definition) is 4. The summed E-state index contributed by atoms with van der Waals surface area (Å²) in [5, 5.41) is 4.04. The van der Waals surface area contributed by atoms with E-state index in [0.717, 1.165) is 21.3 Å². The maximum atomic E-state index is 12.5. The SMILES string of the molecule is CCOc1c(I)cc(/C=N\Nc2ccc(C(F)(F)F)cc2)cc1OC. The minimum Gasteiger partial charge on any atom is -0.493 e. The molecule has 2 aromatic rings. The van der Waals surface area contributed by atoms with E-state index in [1.165, 1.54) is 12.1 Å². The van der Waals surface area contributed by atoms with Crippen LogP contribution in [0.4, 0.5) is 18.9 Å². The molecule has 25 heavy (non-hydrogen) atoms. The standard InChI is InChI=1S/C17H16F3IN2O2/c1-3-25-16-14(21)8-11(9-15(16)24-2)10-22-23-13-6-4-12(5-7-13)17(18,19)20/h4-10,23H,3H2,1-2H3/b22-10-. The second kappa shape index (κ2) is 8.41. The molecule has 0 bridgehead atoms. The Bertz CT molecular complexity index is 747. The minimum absolute atomic E-state index is 0.455. The average molecular weight is 464 g/mol. The highest BCUT2D eigenvalue weighted by Crippen LogP contribution is 2.33. The molecule has 1 N–H and O–H groups in total. The lowest BCUT2D eigenvalue weighted by Crippen LogP contribution is -2.04. The van der Waals surface area contributed by atoms with E-state index in [9.17, 15) is 13.2 Å². The van der Waals surface area contributed by atoms with Gasteiger partial charge in [-0.05, 0) is 71.5 Å². The normalized spacial score (nSPS) is 11.6. The lowest BCUT2D eigenvalue weighted by molar-refractivity contribution is -0.137. The summed E-state index contributed by atoms with van der Waals surface area (Å²) >= 11 is 2.14. The Balaban J connectivity index is 2.10. The molecule has 0 saturated carbocycles. The van der Waals surface area contributed by atoms with Gasteiger partial charge in [0, 0.05) is 0 Å². The smallest absolute Gasteiger partial charge is 0.416 e. The molecule has 0 saturated heterocycles. The Kier molecular flexibility index (Phi) is 6.51. The van der Waals surface area contributed by atoms with Gasteiger partial charge < -0.3 is 9.47 Å². The Morgan fingerprint density at radius 2 is 1.88 bits per heavy atom. The zero-order valence-corrected chi connectivity index (χ0v) is 15.7. The van der Waals surface area contributed by atoms with Gasteiger partial charge in [0.1, 0.15) is 0 Å². The topological polar surface area (TPSA) is 42.8 Å². The minimum atomic E-state index is -4.35. The van der Waals surface area contributed by atoms with E-state index in [4.69, 9.17) is 9.47 Å². The van der Waals surface area contributed by atoms with Gasteiger partial charge in [-0.25, -0.2) is 0 Å². The van der Waals surface area contributed by atoms with Crippen LogP contribution in [0.2, 0.25) is 0 Å². The summed E-state index contributed by atoms with van der Waals surface area (Å²) < 4.78 is 49.3. The molecule has 0 aliphatic rings. The lowest BCUT2D eigenvalue weighted by Gasteiger charge is -2.12. The van der Waals surface area contributed by atoms with Crippen molar-refractivity contribution in [2.45, 2.75) is 13.1 Å². The van der Waals surface area contributed by atoms with Gasteiger partial charge in [-0.15, -0.1) is 0 Å². The number of hydrazone groups is 1. The number of rotatable bonds is 6. The summed E-state index contributed by atoms with van der Waals surface area (Å²) in [4.78, 5) is 0. The molecular formula is C17H16F3IN2O2. The maximum absolute atomic E-state index is 12.5. The van der Waals surface area contributed by atoms with E-state index in [2.05, 4.69) is 33.1 Å². The third-order valence-corrected chi connectivity index (χ3v) is 3.96. The molecule has 2 rings (SSSR count). The number of hydrogen-bond donors (Lipinski definition) is 1. The molecule has 0 atom stereocenters. The third kappa shape index (κ3) is 5.25. The monoisotopic (exact) mass is 464 g/mol. The van der Waals surface area contributed by atoms with E-state index >= 15 is 0 Å². The Morgan fingerprint density at radius 3 is 2.44 bits per heavy atom. The Labute approximate surface area is 157 Å². The van der Waals surface area contributed by atoms with E-state index in [1.807, 2.05) is 13.0 Å². The predicted molar refractivity (Wildman–Crippen MR) is 99.5 cm³/mol. The first kappa shape index (κ1) is 19.4. The first-order valence-corrected chi connectivity index (χ1v) is 8.39. The van der Waals surface area contributed by atoms with Gasteiger partial charge in [-0.2, -0.15) is 18.3 Å². The number of methoxy groups -OCH3 is 1. The Morgan fingerprint density at radius 1 is 1.20 bits per heavy atom. The quantitative estimate of drug-likeness (QED) is 0.365. The summed E-state index contributed by atoms with van der Waals surface area (Å²) in [6.45, 7) is 2.41. The van der Waals surface area contributed by atoms with Crippen molar-refractivity contribution in [3.63, 3.8) is 0 Å². The first-order valence-electron chi connectivity index (χ1n) is 7.31. The van der Waals surface area contributed by atoms with Crippen molar-refractivity contribution in [2.75, 3.05) is 19.1 Å². The van der Waals surface area contributed by atoms with Gasteiger partial charge >= 0.3 is 6.18 Å². The highest BCUT2D eigenvalue weighted by molar-refractivity contribution is 14.1. The largest absolute Gasteiger partial charge is 0.493 e. The van der Waals surface area contributed by atoms with Crippen molar-refractivity contribution in [1.82, 2.24) is 0 Å². The predicted octanol–water partition coefficient (Wildman–Crippen LogP) is 5.16. The molecule has 0 spiro atoms. The van der Waals surface area contributed by atoms with E-state index in [1.54, 1.807) is 19.4 Å². The Hall–Kier alpha value is -1.97. The average Bonchev–Trinajstić information content (AvgIpc) is 2.56. The van der Waals surface area contributed by atoms with Gasteiger partial charge in [0.2, 0.25) is 0 Å². The molecule has 0 fully saturated rings. The number of anilines is 1. The number of ether oxygens (including phenoxy) is 2. The molecule has 0 aliphatic carbocycles. The molecule has 0 aliphatic heterocycles. The molecule has 0 amide bonds.